The number of benzene rings is 1. The van der Waals surface area contributed by atoms with Crippen LogP contribution < -0.4 is 0 Å². The highest BCUT2D eigenvalue weighted by molar-refractivity contribution is 5.92. The molecule has 136 valence electrons. The topological polar surface area (TPSA) is 139 Å². The molecule has 1 aliphatic rings. The second-order valence-corrected chi connectivity index (χ2v) is 6.05. The van der Waals surface area contributed by atoms with Gasteiger partial charge in [-0.2, -0.15) is 5.10 Å². The van der Waals surface area contributed by atoms with Crippen molar-refractivity contribution in [2.75, 3.05) is 13.1 Å². The van der Waals surface area contributed by atoms with Crippen LogP contribution in [0.15, 0.2) is 36.5 Å². The molecule has 0 radical (unpaired) electrons. The number of nitro groups is 1. The maximum atomic E-state index is 12.5. The van der Waals surface area contributed by atoms with Crippen molar-refractivity contribution in [2.45, 2.75) is 18.4 Å². The molecule has 0 spiro atoms. The number of likely N-dealkylation sites (tertiary alicyclic amines) is 1. The highest BCUT2D eigenvalue weighted by Gasteiger charge is 2.40. The number of rotatable bonds is 4. The molecule has 0 aliphatic carbocycles. The predicted octanol–water partition coefficient (Wildman–Crippen LogP) is 0.832. The molecule has 0 atom stereocenters. The summed E-state index contributed by atoms with van der Waals surface area (Å²) < 4.78 is 1.36. The molecule has 2 N–H and O–H groups in total. The molecule has 0 unspecified atom stereocenters. The van der Waals surface area contributed by atoms with Crippen molar-refractivity contribution in [1.29, 1.82) is 0 Å². The lowest BCUT2D eigenvalue weighted by Gasteiger charge is -2.34. The molecule has 26 heavy (non-hydrogen) atoms. The molecule has 1 aliphatic heterocycles. The smallest absolute Gasteiger partial charge is 0.335 e. The van der Waals surface area contributed by atoms with E-state index in [9.17, 15) is 24.8 Å². The first-order valence-electron chi connectivity index (χ1n) is 7.86. The monoisotopic (exact) mass is 360 g/mol. The van der Waals surface area contributed by atoms with Crippen molar-refractivity contribution in [3.8, 4) is 5.69 Å². The van der Waals surface area contributed by atoms with Crippen molar-refractivity contribution < 1.29 is 24.7 Å². The molecule has 10 nitrogen and oxygen atoms in total. The minimum atomic E-state index is -1.81. The standard InChI is InChI=1S/C16H16N4O6/c21-14(18-8-5-16(24,6-9-18)15(22)23)13-4-7-19(17-13)11-2-1-3-12(10-11)20(25)26/h1-4,7,10,24H,5-6,8-9H2,(H,22,23). The van der Waals surface area contributed by atoms with E-state index in [1.54, 1.807) is 6.07 Å². The molecule has 2 heterocycles. The Bertz CT molecular complexity index is 869. The minimum absolute atomic E-state index is 0.0559. The zero-order valence-corrected chi connectivity index (χ0v) is 13.6. The first-order valence-corrected chi connectivity index (χ1v) is 7.86. The van der Waals surface area contributed by atoms with E-state index >= 15 is 0 Å². The Labute approximate surface area is 147 Å². The summed E-state index contributed by atoms with van der Waals surface area (Å²) in [5.41, 5.74) is -1.32. The van der Waals surface area contributed by atoms with Gasteiger partial charge >= 0.3 is 5.97 Å². The summed E-state index contributed by atoms with van der Waals surface area (Å²) in [5.74, 6) is -1.68. The molecule has 1 aromatic carbocycles. The van der Waals surface area contributed by atoms with E-state index in [1.165, 1.54) is 40.0 Å². The van der Waals surface area contributed by atoms with Crippen LogP contribution in [0.3, 0.4) is 0 Å². The number of nitro benzene ring substituents is 1. The Kier molecular flexibility index (Phi) is 4.43. The zero-order chi connectivity index (χ0) is 18.9. The molecular weight excluding hydrogens is 344 g/mol. The van der Waals surface area contributed by atoms with Crippen molar-refractivity contribution in [1.82, 2.24) is 14.7 Å². The highest BCUT2D eigenvalue weighted by atomic mass is 16.6. The van der Waals surface area contributed by atoms with Gasteiger partial charge in [0.15, 0.2) is 11.3 Å². The van der Waals surface area contributed by atoms with Crippen LogP contribution in [0, 0.1) is 10.1 Å². The number of amides is 1. The second kappa shape index (κ2) is 6.56. The number of carbonyl (C=O) groups excluding carboxylic acids is 1. The molecule has 10 heteroatoms. The van der Waals surface area contributed by atoms with E-state index in [2.05, 4.69) is 5.10 Å². The summed E-state index contributed by atoms with van der Waals surface area (Å²) in [5, 5.41) is 34.0. The average Bonchev–Trinajstić information content (AvgIpc) is 3.12. The van der Waals surface area contributed by atoms with Crippen LogP contribution in [0.25, 0.3) is 5.69 Å². The lowest BCUT2D eigenvalue weighted by molar-refractivity contribution is -0.384. The summed E-state index contributed by atoms with van der Waals surface area (Å²) in [6, 6.07) is 7.33. The highest BCUT2D eigenvalue weighted by Crippen LogP contribution is 2.23. The van der Waals surface area contributed by atoms with Gasteiger partial charge in [-0.1, -0.05) is 6.07 Å². The molecule has 1 fully saturated rings. The van der Waals surface area contributed by atoms with Crippen LogP contribution in [0.5, 0.6) is 0 Å². The van der Waals surface area contributed by atoms with E-state index in [0.29, 0.717) is 5.69 Å². The Morgan fingerprint density at radius 1 is 1.23 bits per heavy atom. The number of carboxylic acid groups (broad SMARTS) is 1. The third kappa shape index (κ3) is 3.26. The van der Waals surface area contributed by atoms with E-state index < -0.39 is 16.5 Å². The van der Waals surface area contributed by atoms with Crippen LogP contribution in [0.1, 0.15) is 23.3 Å². The van der Waals surface area contributed by atoms with E-state index in [1.807, 2.05) is 0 Å². The molecule has 2 aromatic rings. The fourth-order valence-corrected chi connectivity index (χ4v) is 2.79. The van der Waals surface area contributed by atoms with Crippen LogP contribution in [-0.4, -0.2) is 60.4 Å². The quantitative estimate of drug-likeness (QED) is 0.608. The molecule has 1 saturated heterocycles. The Balaban J connectivity index is 1.74. The van der Waals surface area contributed by atoms with Crippen molar-refractivity contribution in [3.05, 3.63) is 52.3 Å². The van der Waals surface area contributed by atoms with Gasteiger partial charge in [0.05, 0.1) is 10.6 Å². The zero-order valence-electron chi connectivity index (χ0n) is 13.6. The van der Waals surface area contributed by atoms with Crippen molar-refractivity contribution >= 4 is 17.6 Å². The summed E-state index contributed by atoms with van der Waals surface area (Å²) in [4.78, 5) is 35.3. The number of nitrogens with zero attached hydrogens (tertiary/aromatic N) is 4. The van der Waals surface area contributed by atoms with Crippen LogP contribution in [-0.2, 0) is 4.79 Å². The number of piperidine rings is 1. The third-order valence-corrected chi connectivity index (χ3v) is 4.39. The largest absolute Gasteiger partial charge is 0.479 e. The normalized spacial score (nSPS) is 16.3. The number of aromatic nitrogens is 2. The van der Waals surface area contributed by atoms with Crippen LogP contribution in [0.4, 0.5) is 5.69 Å². The number of aliphatic carboxylic acids is 1. The molecule has 0 saturated carbocycles. The van der Waals surface area contributed by atoms with Gasteiger partial charge in [-0.05, 0) is 12.1 Å². The second-order valence-electron chi connectivity index (χ2n) is 6.05. The third-order valence-electron chi connectivity index (χ3n) is 4.39. The fourth-order valence-electron chi connectivity index (χ4n) is 2.79. The van der Waals surface area contributed by atoms with E-state index in [-0.39, 0.29) is 43.2 Å². The molecule has 3 rings (SSSR count). The number of carboxylic acids is 1. The molecule has 0 bridgehead atoms. The number of aliphatic hydroxyl groups is 1. The van der Waals surface area contributed by atoms with Gasteiger partial charge in [-0.3, -0.25) is 14.9 Å². The maximum Gasteiger partial charge on any atom is 0.335 e. The SMILES string of the molecule is O=C(c1ccn(-c2cccc([N+](=O)[O-])c2)n1)N1CCC(O)(C(=O)O)CC1. The summed E-state index contributed by atoms with van der Waals surface area (Å²) in [6.07, 6.45) is 1.41. The first kappa shape index (κ1) is 17.5. The Hall–Kier alpha value is -3.27. The molecule has 1 amide bonds. The first-order chi connectivity index (χ1) is 12.3. The van der Waals surface area contributed by atoms with Crippen molar-refractivity contribution in [3.63, 3.8) is 0 Å². The summed E-state index contributed by atoms with van der Waals surface area (Å²) in [7, 11) is 0. The lowest BCUT2D eigenvalue weighted by atomic mass is 9.91. The van der Waals surface area contributed by atoms with Gasteiger partial charge in [-0.15, -0.1) is 0 Å². The number of hydrogen-bond acceptors (Lipinski definition) is 6. The van der Waals surface area contributed by atoms with Gasteiger partial charge in [0.25, 0.3) is 11.6 Å². The minimum Gasteiger partial charge on any atom is -0.479 e. The Morgan fingerprint density at radius 2 is 1.92 bits per heavy atom. The fraction of sp³-hybridized carbons (Fsp3) is 0.312. The maximum absolute atomic E-state index is 12.5. The van der Waals surface area contributed by atoms with Gasteiger partial charge in [-0.25, -0.2) is 9.48 Å². The average molecular weight is 360 g/mol. The van der Waals surface area contributed by atoms with Crippen molar-refractivity contribution in [2.24, 2.45) is 0 Å². The van der Waals surface area contributed by atoms with Crippen LogP contribution in [0.2, 0.25) is 0 Å². The van der Waals surface area contributed by atoms with Gasteiger partial charge in [0.1, 0.15) is 0 Å². The number of carbonyl (C=O) groups is 2. The Morgan fingerprint density at radius 3 is 2.54 bits per heavy atom. The predicted molar refractivity (Wildman–Crippen MR) is 87.9 cm³/mol. The van der Waals surface area contributed by atoms with E-state index in [0.717, 1.165) is 0 Å². The van der Waals surface area contributed by atoms with Gasteiger partial charge < -0.3 is 15.1 Å². The molecular formula is C16H16N4O6. The van der Waals surface area contributed by atoms with Crippen LogP contribution >= 0.6 is 0 Å². The van der Waals surface area contributed by atoms with E-state index in [4.69, 9.17) is 5.11 Å². The summed E-state index contributed by atoms with van der Waals surface area (Å²) in [6.45, 7) is 0.205. The number of hydrogen-bond donors (Lipinski definition) is 2. The lowest BCUT2D eigenvalue weighted by Crippen LogP contribution is -2.50. The molecule has 1 aromatic heterocycles. The number of non-ortho nitro benzene ring substituents is 1. The van der Waals surface area contributed by atoms with Gasteiger partial charge in [0, 0.05) is 44.3 Å². The van der Waals surface area contributed by atoms with Gasteiger partial charge in [0.2, 0.25) is 0 Å². The summed E-state index contributed by atoms with van der Waals surface area (Å²) >= 11 is 0.